The van der Waals surface area contributed by atoms with Crippen molar-refractivity contribution in [2.75, 3.05) is 25.0 Å². The van der Waals surface area contributed by atoms with Gasteiger partial charge in [-0.3, -0.25) is 5.32 Å². The number of rotatable bonds is 4. The maximum Gasteiger partial charge on any atom is 0.323 e. The number of carbonyl (C=O) groups excluding carboxylic acids is 1. The van der Waals surface area contributed by atoms with E-state index in [2.05, 4.69) is 15.5 Å². The summed E-state index contributed by atoms with van der Waals surface area (Å²) in [5.41, 5.74) is 0. The van der Waals surface area contributed by atoms with Gasteiger partial charge in [0.05, 0.1) is 6.10 Å². The molecule has 0 atom stereocenters. The number of nitrogens with one attached hydrogen (secondary N) is 1. The van der Waals surface area contributed by atoms with Gasteiger partial charge in [-0.05, 0) is 43.7 Å². The third kappa shape index (κ3) is 4.16. The lowest BCUT2D eigenvalue weighted by molar-refractivity contribution is -0.00116. The molecule has 2 aliphatic rings. The van der Waals surface area contributed by atoms with Crippen molar-refractivity contribution in [1.82, 2.24) is 15.1 Å². The van der Waals surface area contributed by atoms with Gasteiger partial charge in [0.2, 0.25) is 0 Å². The SMILES string of the molecule is O=C(Nc1cccnn1)N1CCC(OCC2CCCC2)CC1. The van der Waals surface area contributed by atoms with Gasteiger partial charge in [-0.15, -0.1) is 5.10 Å². The molecule has 0 radical (unpaired) electrons. The second kappa shape index (κ2) is 7.54. The van der Waals surface area contributed by atoms with E-state index in [-0.39, 0.29) is 6.03 Å². The van der Waals surface area contributed by atoms with E-state index in [4.69, 9.17) is 4.74 Å². The Morgan fingerprint density at radius 3 is 2.73 bits per heavy atom. The quantitative estimate of drug-likeness (QED) is 0.928. The van der Waals surface area contributed by atoms with Crippen molar-refractivity contribution < 1.29 is 9.53 Å². The topological polar surface area (TPSA) is 67.4 Å². The van der Waals surface area contributed by atoms with Gasteiger partial charge in [-0.1, -0.05) is 12.8 Å². The summed E-state index contributed by atoms with van der Waals surface area (Å²) in [5, 5.41) is 10.4. The van der Waals surface area contributed by atoms with E-state index >= 15 is 0 Å². The van der Waals surface area contributed by atoms with E-state index in [1.165, 1.54) is 25.7 Å². The number of carbonyl (C=O) groups is 1. The smallest absolute Gasteiger partial charge is 0.323 e. The highest BCUT2D eigenvalue weighted by molar-refractivity contribution is 5.88. The van der Waals surface area contributed by atoms with Gasteiger partial charge in [0, 0.05) is 25.9 Å². The molecule has 22 heavy (non-hydrogen) atoms. The molecule has 120 valence electrons. The highest BCUT2D eigenvalue weighted by Gasteiger charge is 2.25. The maximum atomic E-state index is 12.1. The molecule has 6 heteroatoms. The van der Waals surface area contributed by atoms with Gasteiger partial charge in [0.25, 0.3) is 0 Å². The van der Waals surface area contributed by atoms with Crippen LogP contribution in [-0.2, 0) is 4.74 Å². The number of hydrogen-bond acceptors (Lipinski definition) is 4. The molecule has 1 saturated heterocycles. The van der Waals surface area contributed by atoms with E-state index in [0.29, 0.717) is 11.9 Å². The Bertz CT molecular complexity index is 468. The van der Waals surface area contributed by atoms with Crippen LogP contribution in [0.1, 0.15) is 38.5 Å². The van der Waals surface area contributed by atoms with Gasteiger partial charge in [0.1, 0.15) is 0 Å². The van der Waals surface area contributed by atoms with Crippen molar-refractivity contribution >= 4 is 11.8 Å². The minimum absolute atomic E-state index is 0.102. The molecular formula is C16H24N4O2. The maximum absolute atomic E-state index is 12.1. The molecule has 6 nitrogen and oxygen atoms in total. The lowest BCUT2D eigenvalue weighted by Gasteiger charge is -2.32. The van der Waals surface area contributed by atoms with E-state index in [0.717, 1.165) is 38.5 Å². The number of piperidine rings is 1. The standard InChI is InChI=1S/C16H24N4O2/c21-16(18-15-6-3-9-17-19-15)20-10-7-14(8-11-20)22-12-13-4-1-2-5-13/h3,6,9,13-14H,1-2,4-5,7-8,10-12H2,(H,18,19,21). The van der Waals surface area contributed by atoms with Crippen LogP contribution in [0.2, 0.25) is 0 Å². The molecule has 0 aromatic carbocycles. The van der Waals surface area contributed by atoms with E-state index < -0.39 is 0 Å². The van der Waals surface area contributed by atoms with Crippen molar-refractivity contribution in [2.24, 2.45) is 5.92 Å². The third-order valence-corrected chi connectivity index (χ3v) is 4.58. The lowest BCUT2D eigenvalue weighted by Crippen LogP contribution is -2.43. The molecule has 0 unspecified atom stereocenters. The van der Waals surface area contributed by atoms with Crippen LogP contribution in [0.3, 0.4) is 0 Å². The second-order valence-electron chi connectivity index (χ2n) is 6.21. The first-order valence-corrected chi connectivity index (χ1v) is 8.26. The van der Waals surface area contributed by atoms with Crippen LogP contribution in [-0.4, -0.2) is 46.9 Å². The molecule has 2 heterocycles. The van der Waals surface area contributed by atoms with Crippen LogP contribution in [0.5, 0.6) is 0 Å². The monoisotopic (exact) mass is 304 g/mol. The van der Waals surface area contributed by atoms with E-state index in [1.807, 2.05) is 4.90 Å². The summed E-state index contributed by atoms with van der Waals surface area (Å²) in [5.74, 6) is 1.25. The van der Waals surface area contributed by atoms with E-state index in [9.17, 15) is 4.79 Å². The largest absolute Gasteiger partial charge is 0.378 e. The van der Waals surface area contributed by atoms with Gasteiger partial charge in [0.15, 0.2) is 5.82 Å². The number of hydrogen-bond donors (Lipinski definition) is 1. The summed E-state index contributed by atoms with van der Waals surface area (Å²) >= 11 is 0. The van der Waals surface area contributed by atoms with Crippen LogP contribution >= 0.6 is 0 Å². The van der Waals surface area contributed by atoms with Crippen LogP contribution in [0.15, 0.2) is 18.3 Å². The molecule has 3 rings (SSSR count). The number of nitrogens with zero attached hydrogens (tertiary/aromatic N) is 3. The van der Waals surface area contributed by atoms with Crippen LogP contribution in [0.25, 0.3) is 0 Å². The summed E-state index contributed by atoms with van der Waals surface area (Å²) in [7, 11) is 0. The molecular weight excluding hydrogens is 280 g/mol. The highest BCUT2D eigenvalue weighted by atomic mass is 16.5. The molecule has 2 fully saturated rings. The fourth-order valence-corrected chi connectivity index (χ4v) is 3.23. The van der Waals surface area contributed by atoms with Crippen LogP contribution in [0.4, 0.5) is 10.6 Å². The molecule has 0 bridgehead atoms. The Kier molecular flexibility index (Phi) is 5.21. The summed E-state index contributed by atoms with van der Waals surface area (Å²) in [4.78, 5) is 14.0. The summed E-state index contributed by atoms with van der Waals surface area (Å²) < 4.78 is 6.03. The Balaban J connectivity index is 1.38. The molecule has 1 aliphatic carbocycles. The first-order valence-electron chi connectivity index (χ1n) is 8.26. The zero-order chi connectivity index (χ0) is 15.2. The number of likely N-dealkylation sites (tertiary alicyclic amines) is 1. The zero-order valence-electron chi connectivity index (χ0n) is 12.9. The first kappa shape index (κ1) is 15.2. The zero-order valence-corrected chi connectivity index (χ0v) is 12.9. The van der Waals surface area contributed by atoms with Crippen molar-refractivity contribution in [3.8, 4) is 0 Å². The third-order valence-electron chi connectivity index (χ3n) is 4.58. The number of amides is 2. The van der Waals surface area contributed by atoms with E-state index in [1.54, 1.807) is 18.3 Å². The Labute approximate surface area is 131 Å². The number of aromatic nitrogens is 2. The molecule has 1 saturated carbocycles. The first-order chi connectivity index (χ1) is 10.8. The Hall–Kier alpha value is -1.69. The molecule has 1 aromatic rings. The second-order valence-corrected chi connectivity index (χ2v) is 6.21. The van der Waals surface area contributed by atoms with Crippen molar-refractivity contribution in [2.45, 2.75) is 44.6 Å². The normalized spacial score (nSPS) is 20.3. The Morgan fingerprint density at radius 2 is 2.05 bits per heavy atom. The molecule has 1 N–H and O–H groups in total. The molecule has 1 aromatic heterocycles. The van der Waals surface area contributed by atoms with Crippen molar-refractivity contribution in [3.05, 3.63) is 18.3 Å². The molecule has 0 spiro atoms. The number of urea groups is 1. The van der Waals surface area contributed by atoms with Gasteiger partial charge in [-0.2, -0.15) is 5.10 Å². The summed E-state index contributed by atoms with van der Waals surface area (Å²) in [6.45, 7) is 2.37. The minimum Gasteiger partial charge on any atom is -0.378 e. The highest BCUT2D eigenvalue weighted by Crippen LogP contribution is 2.26. The lowest BCUT2D eigenvalue weighted by atomic mass is 10.1. The number of ether oxygens (including phenoxy) is 1. The predicted molar refractivity (Wildman–Crippen MR) is 83.6 cm³/mol. The fraction of sp³-hybridized carbons (Fsp3) is 0.688. The minimum atomic E-state index is -0.102. The number of anilines is 1. The summed E-state index contributed by atoms with van der Waals surface area (Å²) in [6.07, 6.45) is 9.08. The van der Waals surface area contributed by atoms with Crippen molar-refractivity contribution in [3.63, 3.8) is 0 Å². The van der Waals surface area contributed by atoms with Crippen LogP contribution < -0.4 is 5.32 Å². The fourth-order valence-electron chi connectivity index (χ4n) is 3.23. The average Bonchev–Trinajstić information content (AvgIpc) is 3.08. The summed E-state index contributed by atoms with van der Waals surface area (Å²) in [6, 6.07) is 3.39. The Morgan fingerprint density at radius 1 is 1.27 bits per heavy atom. The van der Waals surface area contributed by atoms with Gasteiger partial charge < -0.3 is 9.64 Å². The van der Waals surface area contributed by atoms with Gasteiger partial charge >= 0.3 is 6.03 Å². The molecule has 2 amide bonds. The van der Waals surface area contributed by atoms with Gasteiger partial charge in [-0.25, -0.2) is 4.79 Å². The molecule has 1 aliphatic heterocycles. The van der Waals surface area contributed by atoms with Crippen LogP contribution in [0, 0.1) is 5.92 Å². The predicted octanol–water partition coefficient (Wildman–Crippen LogP) is 2.68. The van der Waals surface area contributed by atoms with Crippen molar-refractivity contribution in [1.29, 1.82) is 0 Å². The average molecular weight is 304 g/mol.